The van der Waals surface area contributed by atoms with Crippen LogP contribution in [0.25, 0.3) is 0 Å². The zero-order valence-electron chi connectivity index (χ0n) is 19.8. The molecule has 1 N–H and O–H groups in total. The van der Waals surface area contributed by atoms with Gasteiger partial charge >= 0.3 is 0 Å². The Labute approximate surface area is 206 Å². The van der Waals surface area contributed by atoms with Crippen LogP contribution in [0.1, 0.15) is 18.9 Å². The Hall–Kier alpha value is -3.37. The fourth-order valence-electron chi connectivity index (χ4n) is 3.46. The molecule has 0 aliphatic carbocycles. The van der Waals surface area contributed by atoms with E-state index in [4.69, 9.17) is 4.74 Å². The smallest absolute Gasteiger partial charge is 0.264 e. The Morgan fingerprint density at radius 2 is 1.54 bits per heavy atom. The lowest BCUT2D eigenvalue weighted by Crippen LogP contribution is -2.30. The first-order valence-electron chi connectivity index (χ1n) is 10.9. The predicted octanol–water partition coefficient (Wildman–Crippen LogP) is 4.02. The predicted molar refractivity (Wildman–Crippen MR) is 136 cm³/mol. The fraction of sp³-hybridized carbons (Fsp3) is 0.240. The molecule has 0 unspecified atom stereocenters. The lowest BCUT2D eigenvalue weighted by atomic mass is 10.2. The molecule has 0 saturated heterocycles. The van der Waals surface area contributed by atoms with Crippen molar-refractivity contribution in [1.29, 1.82) is 0 Å². The number of sulfone groups is 1. The number of sulfonamides is 1. The number of methoxy groups -OCH3 is 1. The third-order valence-corrected chi connectivity index (χ3v) is 8.97. The van der Waals surface area contributed by atoms with E-state index in [0.717, 1.165) is 5.56 Å². The highest BCUT2D eigenvalue weighted by atomic mass is 32.2. The molecule has 0 spiro atoms. The summed E-state index contributed by atoms with van der Waals surface area (Å²) < 4.78 is 58.3. The topological polar surface area (TPSA) is 110 Å². The molecule has 0 bridgehead atoms. The van der Waals surface area contributed by atoms with E-state index in [1.165, 1.54) is 41.7 Å². The van der Waals surface area contributed by atoms with E-state index >= 15 is 0 Å². The Kier molecular flexibility index (Phi) is 8.18. The number of para-hydroxylation sites is 1. The molecule has 3 rings (SSSR count). The summed E-state index contributed by atoms with van der Waals surface area (Å²) in [4.78, 5) is 12.7. The van der Waals surface area contributed by atoms with Crippen LogP contribution < -0.4 is 14.4 Å². The standard InChI is InChI=1S/C25H28N2O6S2/c1-4-27(20-8-6-5-7-9-20)35(31,32)22-14-15-24(33-3)23(18-22)26-25(28)16-17-34(29,30)21-12-10-19(2)11-13-21/h5-15,18H,4,16-17H2,1-3H3,(H,26,28). The van der Waals surface area contributed by atoms with Gasteiger partial charge in [-0.3, -0.25) is 9.10 Å². The maximum atomic E-state index is 13.3. The largest absolute Gasteiger partial charge is 0.495 e. The van der Waals surface area contributed by atoms with Crippen molar-refractivity contribution in [3.05, 3.63) is 78.4 Å². The van der Waals surface area contributed by atoms with Gasteiger partial charge in [0, 0.05) is 13.0 Å². The molecule has 0 fully saturated rings. The molecular formula is C25H28N2O6S2. The number of nitrogens with one attached hydrogen (secondary N) is 1. The summed E-state index contributed by atoms with van der Waals surface area (Å²) in [6.07, 6.45) is -0.304. The molecule has 35 heavy (non-hydrogen) atoms. The van der Waals surface area contributed by atoms with Crippen LogP contribution in [0, 0.1) is 6.92 Å². The molecule has 0 aromatic heterocycles. The van der Waals surface area contributed by atoms with Crippen LogP contribution in [0.3, 0.4) is 0 Å². The molecule has 10 heteroatoms. The van der Waals surface area contributed by atoms with Crippen LogP contribution in [0.2, 0.25) is 0 Å². The lowest BCUT2D eigenvalue weighted by Gasteiger charge is -2.23. The molecule has 8 nitrogen and oxygen atoms in total. The molecule has 0 aliphatic heterocycles. The Bertz CT molecular complexity index is 1390. The molecule has 3 aromatic carbocycles. The summed E-state index contributed by atoms with van der Waals surface area (Å²) in [6, 6.07) is 19.2. The van der Waals surface area contributed by atoms with Crippen LogP contribution in [-0.4, -0.2) is 42.2 Å². The first-order chi connectivity index (χ1) is 16.6. The van der Waals surface area contributed by atoms with Gasteiger partial charge in [-0.1, -0.05) is 35.9 Å². The molecule has 0 saturated carbocycles. The second kappa shape index (κ2) is 10.9. The van der Waals surface area contributed by atoms with Crippen molar-refractivity contribution in [2.45, 2.75) is 30.1 Å². The van der Waals surface area contributed by atoms with E-state index in [1.54, 1.807) is 49.4 Å². The number of rotatable bonds is 10. The molecule has 186 valence electrons. The highest BCUT2D eigenvalue weighted by Gasteiger charge is 2.25. The van der Waals surface area contributed by atoms with Crippen LogP contribution >= 0.6 is 0 Å². The number of anilines is 2. The van der Waals surface area contributed by atoms with E-state index in [2.05, 4.69) is 5.32 Å². The molecule has 0 atom stereocenters. The summed E-state index contributed by atoms with van der Waals surface area (Å²) >= 11 is 0. The van der Waals surface area contributed by atoms with Gasteiger partial charge in [0.2, 0.25) is 5.91 Å². The Morgan fingerprint density at radius 3 is 2.14 bits per heavy atom. The third kappa shape index (κ3) is 6.20. The SMILES string of the molecule is CCN(c1ccccc1)S(=O)(=O)c1ccc(OC)c(NC(=O)CCS(=O)(=O)c2ccc(C)cc2)c1. The van der Waals surface area contributed by atoms with Crippen molar-refractivity contribution < 1.29 is 26.4 Å². The van der Waals surface area contributed by atoms with Gasteiger partial charge in [0.15, 0.2) is 9.84 Å². The lowest BCUT2D eigenvalue weighted by molar-refractivity contribution is -0.115. The van der Waals surface area contributed by atoms with E-state index in [-0.39, 0.29) is 39.9 Å². The molecule has 1 amide bonds. The van der Waals surface area contributed by atoms with Crippen LogP contribution in [0.15, 0.2) is 82.6 Å². The molecule has 3 aromatic rings. The minimum Gasteiger partial charge on any atom is -0.495 e. The number of benzene rings is 3. The number of hydrogen-bond donors (Lipinski definition) is 1. The van der Waals surface area contributed by atoms with Crippen LogP contribution in [-0.2, 0) is 24.7 Å². The number of ether oxygens (including phenoxy) is 1. The van der Waals surface area contributed by atoms with E-state index < -0.39 is 25.8 Å². The average molecular weight is 517 g/mol. The first-order valence-corrected chi connectivity index (χ1v) is 14.0. The maximum absolute atomic E-state index is 13.3. The molecule has 0 aliphatic rings. The summed E-state index contributed by atoms with van der Waals surface area (Å²) in [6.45, 7) is 3.79. The van der Waals surface area contributed by atoms with Gasteiger partial charge in [-0.2, -0.15) is 0 Å². The first kappa shape index (κ1) is 26.2. The zero-order valence-corrected chi connectivity index (χ0v) is 21.4. The van der Waals surface area contributed by atoms with Gasteiger partial charge in [0.1, 0.15) is 5.75 Å². The van der Waals surface area contributed by atoms with Gasteiger partial charge in [0.05, 0.1) is 34.0 Å². The van der Waals surface area contributed by atoms with Crippen LogP contribution in [0.4, 0.5) is 11.4 Å². The number of amides is 1. The van der Waals surface area contributed by atoms with E-state index in [1.807, 2.05) is 6.92 Å². The number of carbonyl (C=O) groups is 1. The third-order valence-electron chi connectivity index (χ3n) is 5.34. The van der Waals surface area contributed by atoms with Crippen molar-refractivity contribution in [3.63, 3.8) is 0 Å². The van der Waals surface area contributed by atoms with Gasteiger partial charge < -0.3 is 10.1 Å². The molecule has 0 heterocycles. The normalized spacial score (nSPS) is 11.6. The Morgan fingerprint density at radius 1 is 0.914 bits per heavy atom. The monoisotopic (exact) mass is 516 g/mol. The van der Waals surface area contributed by atoms with E-state index in [9.17, 15) is 21.6 Å². The number of hydrogen-bond acceptors (Lipinski definition) is 6. The fourth-order valence-corrected chi connectivity index (χ4v) is 6.20. The van der Waals surface area contributed by atoms with Crippen molar-refractivity contribution >= 4 is 37.1 Å². The highest BCUT2D eigenvalue weighted by molar-refractivity contribution is 7.92. The van der Waals surface area contributed by atoms with Gasteiger partial charge in [-0.15, -0.1) is 0 Å². The number of nitrogens with zero attached hydrogens (tertiary/aromatic N) is 1. The van der Waals surface area contributed by atoms with Crippen molar-refractivity contribution in [1.82, 2.24) is 0 Å². The summed E-state index contributed by atoms with van der Waals surface area (Å²) in [5.41, 5.74) is 1.57. The van der Waals surface area contributed by atoms with Gasteiger partial charge in [-0.25, -0.2) is 16.8 Å². The molecule has 0 radical (unpaired) electrons. The minimum absolute atomic E-state index is 0.0356. The Balaban J connectivity index is 1.81. The summed E-state index contributed by atoms with van der Waals surface area (Å²) in [5.74, 6) is -0.717. The summed E-state index contributed by atoms with van der Waals surface area (Å²) in [7, 11) is -6.19. The van der Waals surface area contributed by atoms with Crippen molar-refractivity contribution in [2.24, 2.45) is 0 Å². The summed E-state index contributed by atoms with van der Waals surface area (Å²) in [5, 5.41) is 2.59. The van der Waals surface area contributed by atoms with Crippen LogP contribution in [0.5, 0.6) is 5.75 Å². The van der Waals surface area contributed by atoms with Gasteiger partial charge in [0.25, 0.3) is 10.0 Å². The van der Waals surface area contributed by atoms with Crippen molar-refractivity contribution in [3.8, 4) is 5.75 Å². The maximum Gasteiger partial charge on any atom is 0.264 e. The molecular weight excluding hydrogens is 488 g/mol. The number of carbonyl (C=O) groups excluding carboxylic acids is 1. The zero-order chi connectivity index (χ0) is 25.6. The second-order valence-corrected chi connectivity index (χ2v) is 11.8. The van der Waals surface area contributed by atoms with E-state index in [0.29, 0.717) is 5.69 Å². The quantitative estimate of drug-likeness (QED) is 0.436. The van der Waals surface area contributed by atoms with Crippen molar-refractivity contribution in [2.75, 3.05) is 29.0 Å². The highest BCUT2D eigenvalue weighted by Crippen LogP contribution is 2.31. The average Bonchev–Trinajstić information content (AvgIpc) is 2.84. The second-order valence-electron chi connectivity index (χ2n) is 7.80. The minimum atomic E-state index is -3.93. The van der Waals surface area contributed by atoms with Gasteiger partial charge in [-0.05, 0) is 56.3 Å². The number of aryl methyl sites for hydroxylation is 1.